The molecule has 0 fully saturated rings. The molecule has 0 saturated heterocycles. The predicted octanol–water partition coefficient (Wildman–Crippen LogP) is 7.01. The van der Waals surface area contributed by atoms with Gasteiger partial charge in [0.1, 0.15) is 17.2 Å². The number of hydrogen-bond donors (Lipinski definition) is 0. The molecule has 0 aliphatic heterocycles. The molecule has 0 bridgehead atoms. The Morgan fingerprint density at radius 2 is 1.23 bits per heavy atom. The molecule has 1 heterocycles. The van der Waals surface area contributed by atoms with Gasteiger partial charge in [-0.05, 0) is 54.4 Å². The number of rotatable bonds is 4. The summed E-state index contributed by atoms with van der Waals surface area (Å²) in [5.74, 6) is 1.68. The molecule has 3 aromatic carbocycles. The van der Waals surface area contributed by atoms with Crippen molar-refractivity contribution in [2.45, 2.75) is 13.1 Å². The Balaban J connectivity index is 1.59. The Kier molecular flexibility index (Phi) is 5.08. The third kappa shape index (κ3) is 3.94. The van der Waals surface area contributed by atoms with Crippen LogP contribution in [0.2, 0.25) is 0 Å². The Hall–Kier alpha value is -3.54. The highest BCUT2D eigenvalue weighted by molar-refractivity contribution is 5.71. The standard InChI is InChI=1S/C24H18F3NO2/c1-15-22(28-23(30-15)19-7-11-20(12-8-19)24(25,26)27)18-5-3-16(4-6-18)17-9-13-21(29-2)14-10-17/h3-14H,1-2H3. The summed E-state index contributed by atoms with van der Waals surface area (Å²) in [5, 5.41) is 0. The highest BCUT2D eigenvalue weighted by atomic mass is 19.4. The van der Waals surface area contributed by atoms with E-state index in [4.69, 9.17) is 9.15 Å². The monoisotopic (exact) mass is 409 g/mol. The van der Waals surface area contributed by atoms with E-state index >= 15 is 0 Å². The van der Waals surface area contributed by atoms with Crippen LogP contribution in [0.3, 0.4) is 0 Å². The number of alkyl halides is 3. The fourth-order valence-corrected chi connectivity index (χ4v) is 3.19. The smallest absolute Gasteiger partial charge is 0.416 e. The van der Waals surface area contributed by atoms with Crippen molar-refractivity contribution in [3.63, 3.8) is 0 Å². The van der Waals surface area contributed by atoms with Gasteiger partial charge in [0.2, 0.25) is 5.89 Å². The van der Waals surface area contributed by atoms with Crippen LogP contribution in [0.4, 0.5) is 13.2 Å². The minimum Gasteiger partial charge on any atom is -0.497 e. The van der Waals surface area contributed by atoms with E-state index in [1.807, 2.05) is 48.5 Å². The number of oxazole rings is 1. The predicted molar refractivity (Wildman–Crippen MR) is 109 cm³/mol. The lowest BCUT2D eigenvalue weighted by Gasteiger charge is -2.06. The molecule has 4 rings (SSSR count). The van der Waals surface area contributed by atoms with E-state index in [9.17, 15) is 13.2 Å². The second kappa shape index (κ2) is 7.71. The van der Waals surface area contributed by atoms with Crippen LogP contribution in [-0.2, 0) is 6.18 Å². The van der Waals surface area contributed by atoms with Crippen molar-refractivity contribution in [3.05, 3.63) is 84.1 Å². The maximum Gasteiger partial charge on any atom is 0.416 e. The molecule has 0 atom stereocenters. The molecular weight excluding hydrogens is 391 g/mol. The van der Waals surface area contributed by atoms with Gasteiger partial charge in [-0.25, -0.2) is 4.98 Å². The highest BCUT2D eigenvalue weighted by Gasteiger charge is 2.30. The van der Waals surface area contributed by atoms with Crippen LogP contribution in [0, 0.1) is 6.92 Å². The van der Waals surface area contributed by atoms with Gasteiger partial charge in [0.25, 0.3) is 0 Å². The molecule has 3 nitrogen and oxygen atoms in total. The van der Waals surface area contributed by atoms with Crippen LogP contribution >= 0.6 is 0 Å². The van der Waals surface area contributed by atoms with Gasteiger partial charge < -0.3 is 9.15 Å². The summed E-state index contributed by atoms with van der Waals surface area (Å²) in [7, 11) is 1.63. The van der Waals surface area contributed by atoms with Crippen LogP contribution in [-0.4, -0.2) is 12.1 Å². The van der Waals surface area contributed by atoms with Crippen molar-refractivity contribution >= 4 is 0 Å². The van der Waals surface area contributed by atoms with Crippen molar-refractivity contribution in [3.8, 4) is 39.6 Å². The third-order valence-corrected chi connectivity index (χ3v) is 4.84. The topological polar surface area (TPSA) is 35.3 Å². The summed E-state index contributed by atoms with van der Waals surface area (Å²) in [6.45, 7) is 1.79. The van der Waals surface area contributed by atoms with Gasteiger partial charge in [-0.1, -0.05) is 36.4 Å². The van der Waals surface area contributed by atoms with E-state index in [0.29, 0.717) is 17.0 Å². The van der Waals surface area contributed by atoms with Crippen molar-refractivity contribution in [2.75, 3.05) is 7.11 Å². The molecule has 152 valence electrons. The van der Waals surface area contributed by atoms with Crippen molar-refractivity contribution in [1.29, 1.82) is 0 Å². The first-order valence-corrected chi connectivity index (χ1v) is 9.25. The number of halogens is 3. The molecule has 0 unspecified atom stereocenters. The third-order valence-electron chi connectivity index (χ3n) is 4.84. The van der Waals surface area contributed by atoms with Crippen molar-refractivity contribution in [1.82, 2.24) is 4.98 Å². The molecule has 0 aliphatic rings. The van der Waals surface area contributed by atoms with Crippen LogP contribution in [0.1, 0.15) is 11.3 Å². The minimum atomic E-state index is -4.37. The van der Waals surface area contributed by atoms with E-state index in [2.05, 4.69) is 4.98 Å². The number of ether oxygens (including phenoxy) is 1. The Labute approximate surface area is 171 Å². The Morgan fingerprint density at radius 1 is 0.733 bits per heavy atom. The SMILES string of the molecule is COc1ccc(-c2ccc(-c3nc(-c4ccc(C(F)(F)F)cc4)oc3C)cc2)cc1. The molecule has 6 heteroatoms. The van der Waals surface area contributed by atoms with Crippen LogP contribution in [0.15, 0.2) is 77.2 Å². The number of hydrogen-bond acceptors (Lipinski definition) is 3. The molecule has 0 saturated carbocycles. The largest absolute Gasteiger partial charge is 0.497 e. The van der Waals surface area contributed by atoms with E-state index in [1.54, 1.807) is 14.0 Å². The summed E-state index contributed by atoms with van der Waals surface area (Å²) in [4.78, 5) is 4.50. The number of aromatic nitrogens is 1. The van der Waals surface area contributed by atoms with Crippen molar-refractivity contribution < 1.29 is 22.3 Å². The zero-order valence-electron chi connectivity index (χ0n) is 16.3. The van der Waals surface area contributed by atoms with Crippen LogP contribution in [0.25, 0.3) is 33.8 Å². The van der Waals surface area contributed by atoms with Gasteiger partial charge in [-0.2, -0.15) is 13.2 Å². The lowest BCUT2D eigenvalue weighted by molar-refractivity contribution is -0.137. The van der Waals surface area contributed by atoms with Crippen LogP contribution < -0.4 is 4.74 Å². The number of methoxy groups -OCH3 is 1. The second-order valence-electron chi connectivity index (χ2n) is 6.80. The zero-order valence-corrected chi connectivity index (χ0v) is 16.3. The Morgan fingerprint density at radius 3 is 1.77 bits per heavy atom. The number of benzene rings is 3. The molecule has 0 aliphatic carbocycles. The van der Waals surface area contributed by atoms with E-state index in [0.717, 1.165) is 34.6 Å². The van der Waals surface area contributed by atoms with Gasteiger partial charge in [-0.15, -0.1) is 0 Å². The van der Waals surface area contributed by atoms with E-state index in [-0.39, 0.29) is 5.89 Å². The fourth-order valence-electron chi connectivity index (χ4n) is 3.19. The first-order chi connectivity index (χ1) is 14.3. The molecule has 30 heavy (non-hydrogen) atoms. The van der Waals surface area contributed by atoms with Gasteiger partial charge >= 0.3 is 6.18 Å². The van der Waals surface area contributed by atoms with E-state index in [1.165, 1.54) is 12.1 Å². The van der Waals surface area contributed by atoms with Gasteiger partial charge in [0, 0.05) is 11.1 Å². The lowest BCUT2D eigenvalue weighted by atomic mass is 10.0. The summed E-state index contributed by atoms with van der Waals surface area (Å²) in [6.07, 6.45) is -4.37. The summed E-state index contributed by atoms with van der Waals surface area (Å²) in [5.41, 5.74) is 3.42. The normalized spacial score (nSPS) is 11.5. The summed E-state index contributed by atoms with van der Waals surface area (Å²) in [6, 6.07) is 20.4. The molecule has 0 N–H and O–H groups in total. The molecule has 0 amide bonds. The van der Waals surface area contributed by atoms with Gasteiger partial charge in [0.05, 0.1) is 12.7 Å². The average molecular weight is 409 g/mol. The number of aryl methyl sites for hydroxylation is 1. The fraction of sp³-hybridized carbons (Fsp3) is 0.125. The first-order valence-electron chi connectivity index (χ1n) is 9.25. The Bertz CT molecular complexity index is 1140. The molecule has 0 spiro atoms. The second-order valence-corrected chi connectivity index (χ2v) is 6.80. The van der Waals surface area contributed by atoms with Gasteiger partial charge in [0.15, 0.2) is 0 Å². The van der Waals surface area contributed by atoms with E-state index < -0.39 is 11.7 Å². The van der Waals surface area contributed by atoms with Gasteiger partial charge in [-0.3, -0.25) is 0 Å². The zero-order chi connectivity index (χ0) is 21.3. The minimum absolute atomic E-state index is 0.287. The quantitative estimate of drug-likeness (QED) is 0.364. The highest BCUT2D eigenvalue weighted by Crippen LogP contribution is 2.33. The molecule has 1 aromatic heterocycles. The molecule has 0 radical (unpaired) electrons. The lowest BCUT2D eigenvalue weighted by Crippen LogP contribution is -2.03. The van der Waals surface area contributed by atoms with Crippen LogP contribution in [0.5, 0.6) is 5.75 Å². The molecular formula is C24H18F3NO2. The number of nitrogens with zero attached hydrogens (tertiary/aromatic N) is 1. The first kappa shape index (κ1) is 19.8. The van der Waals surface area contributed by atoms with Crippen molar-refractivity contribution in [2.24, 2.45) is 0 Å². The molecule has 4 aromatic rings. The summed E-state index contributed by atoms with van der Waals surface area (Å²) >= 11 is 0. The maximum atomic E-state index is 12.8. The summed E-state index contributed by atoms with van der Waals surface area (Å²) < 4.78 is 49.2. The average Bonchev–Trinajstić information content (AvgIpc) is 3.15. The maximum absolute atomic E-state index is 12.8.